The summed E-state index contributed by atoms with van der Waals surface area (Å²) < 4.78 is 19.5. The van der Waals surface area contributed by atoms with Crippen molar-refractivity contribution >= 4 is 24.1 Å². The van der Waals surface area contributed by atoms with Gasteiger partial charge in [-0.15, -0.1) is 0 Å². The second-order valence-corrected chi connectivity index (χ2v) is 7.73. The maximum atomic E-state index is 13.6. The first-order valence-corrected chi connectivity index (χ1v) is 9.49. The highest BCUT2D eigenvalue weighted by Crippen LogP contribution is 2.44. The summed E-state index contributed by atoms with van der Waals surface area (Å²) in [4.78, 5) is 0. The molecule has 0 N–H and O–H groups in total. The molecule has 3 aromatic rings. The Bertz CT molecular complexity index is 784. The van der Waals surface area contributed by atoms with E-state index < -0.39 is 7.37 Å². The molecule has 2 nitrogen and oxygen atoms in total. The molecule has 3 heteroatoms. The lowest BCUT2D eigenvalue weighted by atomic mass is 10.2. The van der Waals surface area contributed by atoms with Gasteiger partial charge in [-0.25, -0.2) is 0 Å². The summed E-state index contributed by atoms with van der Waals surface area (Å²) in [6.07, 6.45) is 3.87. The minimum Gasteiger partial charge on any atom is -0.318 e. The van der Waals surface area contributed by atoms with Gasteiger partial charge in [-0.05, 0) is 29.8 Å². The maximum absolute atomic E-state index is 13.6. The first-order chi connectivity index (χ1) is 11.8. The standard InChI is InChI=1S/C21H19O2P/c22-24(20-14-6-2-7-15-20,21-16-8-3-9-17-21)23-18-10-13-19-11-4-1-5-12-19/h1-17H,18H2/b13-10+. The van der Waals surface area contributed by atoms with Crippen LogP contribution >= 0.6 is 7.37 Å². The summed E-state index contributed by atoms with van der Waals surface area (Å²) in [5.74, 6) is 0. The average molecular weight is 334 g/mol. The highest BCUT2D eigenvalue weighted by atomic mass is 31.2. The van der Waals surface area contributed by atoms with Crippen LogP contribution in [0.3, 0.4) is 0 Å². The molecule has 0 amide bonds. The first kappa shape index (κ1) is 16.4. The Morgan fingerprint density at radius 2 is 1.17 bits per heavy atom. The van der Waals surface area contributed by atoms with Gasteiger partial charge in [-0.1, -0.05) is 78.9 Å². The van der Waals surface area contributed by atoms with Gasteiger partial charge in [0.25, 0.3) is 7.37 Å². The molecular weight excluding hydrogens is 315 g/mol. The zero-order valence-electron chi connectivity index (χ0n) is 13.3. The van der Waals surface area contributed by atoms with E-state index in [2.05, 4.69) is 0 Å². The molecule has 0 aromatic heterocycles. The highest BCUT2D eigenvalue weighted by molar-refractivity contribution is 7.74. The summed E-state index contributed by atoms with van der Waals surface area (Å²) in [6.45, 7) is 0.288. The van der Waals surface area contributed by atoms with Crippen LogP contribution in [0.5, 0.6) is 0 Å². The third-order valence-corrected chi connectivity index (χ3v) is 6.12. The van der Waals surface area contributed by atoms with E-state index in [0.29, 0.717) is 10.6 Å². The van der Waals surface area contributed by atoms with E-state index in [0.717, 1.165) is 5.56 Å². The zero-order valence-corrected chi connectivity index (χ0v) is 14.2. The smallest absolute Gasteiger partial charge is 0.261 e. The van der Waals surface area contributed by atoms with Crippen LogP contribution in [0, 0.1) is 0 Å². The molecule has 0 unspecified atom stereocenters. The molecule has 0 aliphatic carbocycles. The van der Waals surface area contributed by atoms with Crippen molar-refractivity contribution in [3.63, 3.8) is 0 Å². The zero-order chi connectivity index (χ0) is 16.7. The van der Waals surface area contributed by atoms with Crippen LogP contribution in [0.1, 0.15) is 5.56 Å². The molecule has 0 fully saturated rings. The van der Waals surface area contributed by atoms with Crippen LogP contribution < -0.4 is 10.6 Å². The van der Waals surface area contributed by atoms with E-state index in [4.69, 9.17) is 4.52 Å². The number of rotatable bonds is 6. The Hall–Kier alpha value is -2.41. The van der Waals surface area contributed by atoms with Gasteiger partial charge in [0.05, 0.1) is 6.61 Å². The van der Waals surface area contributed by atoms with E-state index in [1.165, 1.54) is 0 Å². The highest BCUT2D eigenvalue weighted by Gasteiger charge is 2.27. The van der Waals surface area contributed by atoms with Crippen LogP contribution in [0.25, 0.3) is 6.08 Å². The fourth-order valence-corrected chi connectivity index (χ4v) is 4.46. The number of hydrogen-bond donors (Lipinski definition) is 0. The summed E-state index contributed by atoms with van der Waals surface area (Å²) in [7, 11) is -3.10. The molecule has 0 aliphatic rings. The molecular formula is C21H19O2P. The van der Waals surface area contributed by atoms with E-state index in [9.17, 15) is 4.57 Å². The van der Waals surface area contributed by atoms with E-state index in [1.807, 2.05) is 103 Å². The van der Waals surface area contributed by atoms with E-state index in [1.54, 1.807) is 0 Å². The Labute approximate surface area is 142 Å². The predicted molar refractivity (Wildman–Crippen MR) is 101 cm³/mol. The lowest BCUT2D eigenvalue weighted by molar-refractivity contribution is 0.369. The minimum atomic E-state index is -3.10. The molecule has 0 radical (unpaired) electrons. The van der Waals surface area contributed by atoms with Crippen molar-refractivity contribution in [3.8, 4) is 0 Å². The summed E-state index contributed by atoms with van der Waals surface area (Å²) in [5, 5.41) is 1.42. The maximum Gasteiger partial charge on any atom is 0.261 e. The van der Waals surface area contributed by atoms with Crippen LogP contribution in [-0.4, -0.2) is 6.61 Å². The Morgan fingerprint density at radius 1 is 0.708 bits per heavy atom. The lowest BCUT2D eigenvalue weighted by Crippen LogP contribution is -2.18. The van der Waals surface area contributed by atoms with Crippen LogP contribution in [0.2, 0.25) is 0 Å². The minimum absolute atomic E-state index is 0.288. The summed E-state index contributed by atoms with van der Waals surface area (Å²) >= 11 is 0. The van der Waals surface area contributed by atoms with Gasteiger partial charge in [-0.2, -0.15) is 0 Å². The van der Waals surface area contributed by atoms with Crippen LogP contribution in [0.15, 0.2) is 97.1 Å². The van der Waals surface area contributed by atoms with Crippen molar-refractivity contribution in [3.05, 3.63) is 103 Å². The van der Waals surface area contributed by atoms with Crippen molar-refractivity contribution in [2.45, 2.75) is 0 Å². The molecule has 0 saturated carbocycles. The van der Waals surface area contributed by atoms with Crippen molar-refractivity contribution in [2.24, 2.45) is 0 Å². The predicted octanol–water partition coefficient (Wildman–Crippen LogP) is 4.65. The van der Waals surface area contributed by atoms with E-state index >= 15 is 0 Å². The third-order valence-electron chi connectivity index (χ3n) is 3.65. The molecule has 3 aromatic carbocycles. The SMILES string of the molecule is O=P(OC/C=C/c1ccccc1)(c1ccccc1)c1ccccc1. The van der Waals surface area contributed by atoms with Gasteiger partial charge in [0.2, 0.25) is 0 Å². The molecule has 0 spiro atoms. The van der Waals surface area contributed by atoms with Crippen molar-refractivity contribution in [2.75, 3.05) is 6.61 Å². The third kappa shape index (κ3) is 3.91. The lowest BCUT2D eigenvalue weighted by Gasteiger charge is -2.18. The van der Waals surface area contributed by atoms with Gasteiger partial charge in [0.1, 0.15) is 0 Å². The van der Waals surface area contributed by atoms with Gasteiger partial charge < -0.3 is 4.52 Å². The Kier molecular flexibility index (Phi) is 5.43. The topological polar surface area (TPSA) is 26.3 Å². The molecule has 0 saturated heterocycles. The van der Waals surface area contributed by atoms with Gasteiger partial charge in [-0.3, -0.25) is 4.57 Å². The average Bonchev–Trinajstić information content (AvgIpc) is 2.67. The fourth-order valence-electron chi connectivity index (χ4n) is 2.44. The van der Waals surface area contributed by atoms with Crippen LogP contribution in [0.4, 0.5) is 0 Å². The van der Waals surface area contributed by atoms with Crippen molar-refractivity contribution in [1.82, 2.24) is 0 Å². The Morgan fingerprint density at radius 3 is 1.67 bits per heavy atom. The largest absolute Gasteiger partial charge is 0.318 e. The second-order valence-electron chi connectivity index (χ2n) is 5.33. The fraction of sp³-hybridized carbons (Fsp3) is 0.0476. The molecule has 0 aliphatic heterocycles. The second kappa shape index (κ2) is 7.92. The van der Waals surface area contributed by atoms with Crippen molar-refractivity contribution in [1.29, 1.82) is 0 Å². The normalized spacial score (nSPS) is 11.7. The first-order valence-electron chi connectivity index (χ1n) is 7.86. The molecule has 0 atom stereocenters. The van der Waals surface area contributed by atoms with Gasteiger partial charge in [0.15, 0.2) is 0 Å². The van der Waals surface area contributed by atoms with Gasteiger partial charge in [0, 0.05) is 10.6 Å². The molecule has 0 bridgehead atoms. The Balaban J connectivity index is 1.81. The number of hydrogen-bond acceptors (Lipinski definition) is 2. The van der Waals surface area contributed by atoms with E-state index in [-0.39, 0.29) is 6.61 Å². The van der Waals surface area contributed by atoms with Crippen molar-refractivity contribution < 1.29 is 9.09 Å². The quantitative estimate of drug-likeness (QED) is 0.614. The molecule has 120 valence electrons. The van der Waals surface area contributed by atoms with Gasteiger partial charge >= 0.3 is 0 Å². The monoisotopic (exact) mass is 334 g/mol. The summed E-state index contributed by atoms with van der Waals surface area (Å²) in [6, 6.07) is 28.8. The van der Waals surface area contributed by atoms with Crippen LogP contribution in [-0.2, 0) is 9.09 Å². The summed E-state index contributed by atoms with van der Waals surface area (Å²) in [5.41, 5.74) is 1.09. The molecule has 24 heavy (non-hydrogen) atoms. The molecule has 0 heterocycles. The molecule has 3 rings (SSSR count). The number of benzene rings is 3.